The van der Waals surface area contributed by atoms with Crippen molar-refractivity contribution >= 4 is 41.1 Å². The lowest BCUT2D eigenvalue weighted by molar-refractivity contribution is -0.119. The number of rotatable bonds is 7. The maximum atomic E-state index is 12.1. The van der Waals surface area contributed by atoms with E-state index in [4.69, 9.17) is 11.5 Å². The molecular weight excluding hydrogens is 384 g/mol. The van der Waals surface area contributed by atoms with Gasteiger partial charge in [0.2, 0.25) is 5.91 Å². The van der Waals surface area contributed by atoms with Crippen LogP contribution in [0.15, 0.2) is 16.4 Å². The zero-order valence-corrected chi connectivity index (χ0v) is 16.9. The molecule has 11 heteroatoms. The van der Waals surface area contributed by atoms with Crippen LogP contribution < -0.4 is 16.8 Å². The molecule has 0 bridgehead atoms. The Morgan fingerprint density at radius 2 is 1.89 bits per heavy atom. The van der Waals surface area contributed by atoms with Gasteiger partial charge < -0.3 is 21.4 Å². The number of amides is 1. The molecule has 1 aliphatic carbocycles. The summed E-state index contributed by atoms with van der Waals surface area (Å²) < 4.78 is 1.88. The van der Waals surface area contributed by atoms with E-state index in [-0.39, 0.29) is 5.91 Å². The molecule has 3 rings (SSSR count). The lowest BCUT2D eigenvalue weighted by Gasteiger charge is -2.22. The number of thioether (sulfide) groups is 2. The van der Waals surface area contributed by atoms with Crippen molar-refractivity contribution in [2.45, 2.75) is 54.2 Å². The normalized spacial score (nSPS) is 15.0. The Kier molecular flexibility index (Phi) is 6.78. The molecule has 0 radical (unpaired) electrons. The molecule has 0 saturated heterocycles. The Morgan fingerprint density at radius 3 is 2.59 bits per heavy atom. The predicted molar refractivity (Wildman–Crippen MR) is 107 cm³/mol. The van der Waals surface area contributed by atoms with E-state index >= 15 is 0 Å². The number of hydrogen-bond acceptors (Lipinski definition) is 9. The Hall–Kier alpha value is -2.01. The van der Waals surface area contributed by atoms with Crippen LogP contribution in [0.4, 0.5) is 11.6 Å². The minimum absolute atomic E-state index is 0.0504. The van der Waals surface area contributed by atoms with E-state index in [9.17, 15) is 4.79 Å². The maximum Gasteiger partial charge on any atom is 0.230 e. The van der Waals surface area contributed by atoms with Gasteiger partial charge in [-0.05, 0) is 12.8 Å². The van der Waals surface area contributed by atoms with Gasteiger partial charge in [0.25, 0.3) is 0 Å². The van der Waals surface area contributed by atoms with Crippen LogP contribution >= 0.6 is 23.5 Å². The Morgan fingerprint density at radius 1 is 1.19 bits per heavy atom. The predicted octanol–water partition coefficient (Wildman–Crippen LogP) is 1.60. The van der Waals surface area contributed by atoms with Gasteiger partial charge in [0, 0.05) is 19.2 Å². The SMILES string of the molecule is Cn1c(CSc2nc(N)cc(N)n2)nnc1SCC(=O)NC1CCCCC1. The molecule has 9 nitrogen and oxygen atoms in total. The number of nitrogens with one attached hydrogen (secondary N) is 1. The summed E-state index contributed by atoms with van der Waals surface area (Å²) in [5.41, 5.74) is 11.4. The second-order valence-electron chi connectivity index (χ2n) is 6.44. The zero-order chi connectivity index (χ0) is 19.2. The third-order valence-corrected chi connectivity index (χ3v) is 6.17. The fourth-order valence-corrected chi connectivity index (χ4v) is 4.49. The van der Waals surface area contributed by atoms with Crippen molar-refractivity contribution in [3.8, 4) is 0 Å². The molecule has 27 heavy (non-hydrogen) atoms. The van der Waals surface area contributed by atoms with E-state index in [1.54, 1.807) is 0 Å². The Labute approximate surface area is 166 Å². The van der Waals surface area contributed by atoms with Gasteiger partial charge in [0.1, 0.15) is 17.5 Å². The third kappa shape index (κ3) is 5.73. The van der Waals surface area contributed by atoms with E-state index in [0.29, 0.717) is 39.5 Å². The summed E-state index contributed by atoms with van der Waals surface area (Å²) in [7, 11) is 1.88. The molecule has 1 fully saturated rings. The van der Waals surface area contributed by atoms with Crippen LogP contribution in [0, 0.1) is 0 Å². The topological polar surface area (TPSA) is 138 Å². The van der Waals surface area contributed by atoms with Crippen LogP contribution in [-0.4, -0.2) is 42.4 Å². The molecule has 2 heterocycles. The van der Waals surface area contributed by atoms with Crippen LogP contribution in [0.5, 0.6) is 0 Å². The first-order valence-electron chi connectivity index (χ1n) is 8.84. The molecule has 2 aromatic rings. The third-order valence-electron chi connectivity index (χ3n) is 4.30. The number of aromatic nitrogens is 5. The monoisotopic (exact) mass is 408 g/mol. The van der Waals surface area contributed by atoms with E-state index in [1.165, 1.54) is 48.9 Å². The Balaban J connectivity index is 1.49. The van der Waals surface area contributed by atoms with Crippen molar-refractivity contribution in [3.63, 3.8) is 0 Å². The number of nitrogens with zero attached hydrogens (tertiary/aromatic N) is 5. The van der Waals surface area contributed by atoms with Crippen molar-refractivity contribution in [1.82, 2.24) is 30.0 Å². The molecule has 1 aliphatic rings. The second-order valence-corrected chi connectivity index (χ2v) is 8.32. The fourth-order valence-electron chi connectivity index (χ4n) is 2.90. The fraction of sp³-hybridized carbons (Fsp3) is 0.562. The highest BCUT2D eigenvalue weighted by Crippen LogP contribution is 2.23. The van der Waals surface area contributed by atoms with Crippen LogP contribution in [0.25, 0.3) is 0 Å². The lowest BCUT2D eigenvalue weighted by atomic mass is 9.95. The number of anilines is 2. The number of nitrogen functional groups attached to an aromatic ring is 2. The van der Waals surface area contributed by atoms with Crippen LogP contribution in [0.1, 0.15) is 37.9 Å². The minimum Gasteiger partial charge on any atom is -0.383 e. The molecule has 146 valence electrons. The summed E-state index contributed by atoms with van der Waals surface area (Å²) in [5.74, 6) is 2.35. The van der Waals surface area contributed by atoms with Gasteiger partial charge in [-0.3, -0.25) is 4.79 Å². The van der Waals surface area contributed by atoms with Gasteiger partial charge >= 0.3 is 0 Å². The minimum atomic E-state index is 0.0504. The van der Waals surface area contributed by atoms with Crippen molar-refractivity contribution in [2.24, 2.45) is 7.05 Å². The summed E-state index contributed by atoms with van der Waals surface area (Å²) in [6, 6.07) is 1.84. The van der Waals surface area contributed by atoms with Crippen LogP contribution in [0.2, 0.25) is 0 Å². The average Bonchev–Trinajstić information content (AvgIpc) is 2.98. The number of carbonyl (C=O) groups is 1. The standard InChI is InChI=1S/C16H24N8OS2/c1-24-13(8-26-15-20-11(17)7-12(18)21-15)22-23-16(24)27-9-14(25)19-10-5-3-2-4-6-10/h7,10H,2-6,8-9H2,1H3,(H,19,25)(H4,17,18,20,21). The molecular formula is C16H24N8OS2. The van der Waals surface area contributed by atoms with Crippen molar-refractivity contribution in [1.29, 1.82) is 0 Å². The van der Waals surface area contributed by atoms with E-state index in [1.807, 2.05) is 11.6 Å². The molecule has 2 aromatic heterocycles. The highest BCUT2D eigenvalue weighted by Gasteiger charge is 2.17. The average molecular weight is 409 g/mol. The van der Waals surface area contributed by atoms with Crippen molar-refractivity contribution in [3.05, 3.63) is 11.9 Å². The molecule has 0 aliphatic heterocycles. The van der Waals surface area contributed by atoms with E-state index in [2.05, 4.69) is 25.5 Å². The lowest BCUT2D eigenvalue weighted by Crippen LogP contribution is -2.37. The second kappa shape index (κ2) is 9.27. The number of nitrogens with two attached hydrogens (primary N) is 2. The van der Waals surface area contributed by atoms with Crippen molar-refractivity contribution < 1.29 is 4.79 Å². The first-order chi connectivity index (χ1) is 13.0. The molecule has 1 amide bonds. The smallest absolute Gasteiger partial charge is 0.230 e. The first-order valence-corrected chi connectivity index (χ1v) is 10.8. The van der Waals surface area contributed by atoms with Gasteiger partial charge in [0.15, 0.2) is 10.3 Å². The summed E-state index contributed by atoms with van der Waals surface area (Å²) >= 11 is 2.77. The highest BCUT2D eigenvalue weighted by atomic mass is 32.2. The van der Waals surface area contributed by atoms with Crippen molar-refractivity contribution in [2.75, 3.05) is 17.2 Å². The number of carbonyl (C=O) groups excluding carboxylic acids is 1. The summed E-state index contributed by atoms with van der Waals surface area (Å²) in [6.07, 6.45) is 5.83. The van der Waals surface area contributed by atoms with Gasteiger partial charge in [-0.25, -0.2) is 9.97 Å². The zero-order valence-electron chi connectivity index (χ0n) is 15.2. The Bertz CT molecular complexity index is 770. The molecule has 5 N–H and O–H groups in total. The highest BCUT2D eigenvalue weighted by molar-refractivity contribution is 7.99. The molecule has 1 saturated carbocycles. The molecule has 0 atom stereocenters. The molecule has 0 aromatic carbocycles. The van der Waals surface area contributed by atoms with Gasteiger partial charge in [-0.1, -0.05) is 42.8 Å². The first kappa shape index (κ1) is 19.7. The largest absolute Gasteiger partial charge is 0.383 e. The van der Waals surface area contributed by atoms with Gasteiger partial charge in [-0.15, -0.1) is 10.2 Å². The summed E-state index contributed by atoms with van der Waals surface area (Å²) in [5, 5.41) is 12.7. The van der Waals surface area contributed by atoms with E-state index < -0.39 is 0 Å². The molecule has 0 spiro atoms. The summed E-state index contributed by atoms with van der Waals surface area (Å²) in [4.78, 5) is 20.4. The van der Waals surface area contributed by atoms with Crippen LogP contribution in [-0.2, 0) is 17.6 Å². The maximum absolute atomic E-state index is 12.1. The summed E-state index contributed by atoms with van der Waals surface area (Å²) in [6.45, 7) is 0. The van der Waals surface area contributed by atoms with Crippen LogP contribution in [0.3, 0.4) is 0 Å². The van der Waals surface area contributed by atoms with Gasteiger partial charge in [0.05, 0.1) is 11.5 Å². The van der Waals surface area contributed by atoms with Gasteiger partial charge in [-0.2, -0.15) is 0 Å². The quantitative estimate of drug-likeness (QED) is 0.460. The number of hydrogen-bond donors (Lipinski definition) is 3. The molecule has 0 unspecified atom stereocenters. The van der Waals surface area contributed by atoms with E-state index in [0.717, 1.165) is 18.7 Å².